The first-order valence-electron chi connectivity index (χ1n) is 8.27. The highest BCUT2D eigenvalue weighted by Gasteiger charge is 2.37. The number of hydrogen-bond acceptors (Lipinski definition) is 4. The van der Waals surface area contributed by atoms with E-state index in [4.69, 9.17) is 0 Å². The molecule has 9 heteroatoms. The molecule has 1 N–H and O–H groups in total. The van der Waals surface area contributed by atoms with Gasteiger partial charge in [-0.2, -0.15) is 13.2 Å². The van der Waals surface area contributed by atoms with Crippen molar-refractivity contribution < 1.29 is 26.4 Å². The molecule has 2 aromatic carbocycles. The number of amides is 1. The van der Waals surface area contributed by atoms with E-state index in [1.807, 2.05) is 0 Å². The van der Waals surface area contributed by atoms with Crippen molar-refractivity contribution >= 4 is 21.6 Å². The highest BCUT2D eigenvalue weighted by molar-refractivity contribution is 7.90. The maximum absolute atomic E-state index is 13.0. The van der Waals surface area contributed by atoms with Crippen molar-refractivity contribution in [3.63, 3.8) is 0 Å². The van der Waals surface area contributed by atoms with Crippen LogP contribution in [0.25, 0.3) is 0 Å². The topological polar surface area (TPSA) is 66.5 Å². The number of rotatable bonds is 4. The number of carbonyl (C=O) groups is 1. The fourth-order valence-corrected chi connectivity index (χ4v) is 4.17. The van der Waals surface area contributed by atoms with E-state index in [0.717, 1.165) is 43.8 Å². The first-order chi connectivity index (χ1) is 12.7. The fraction of sp³-hybridized carbons (Fsp3) is 0.278. The van der Waals surface area contributed by atoms with Crippen LogP contribution < -0.4 is 9.62 Å². The summed E-state index contributed by atoms with van der Waals surface area (Å²) in [6, 6.07) is 10.0. The molecule has 3 rings (SSSR count). The van der Waals surface area contributed by atoms with Crippen LogP contribution in [0, 0.1) is 0 Å². The van der Waals surface area contributed by atoms with Crippen LogP contribution in [-0.2, 0) is 16.2 Å². The van der Waals surface area contributed by atoms with Crippen molar-refractivity contribution in [2.45, 2.75) is 23.9 Å². The summed E-state index contributed by atoms with van der Waals surface area (Å²) in [5, 5.41) is 0. The largest absolute Gasteiger partial charge is 0.417 e. The van der Waals surface area contributed by atoms with E-state index < -0.39 is 32.6 Å². The van der Waals surface area contributed by atoms with Gasteiger partial charge >= 0.3 is 6.18 Å². The van der Waals surface area contributed by atoms with E-state index in [1.165, 1.54) is 18.2 Å². The first-order valence-corrected chi connectivity index (χ1v) is 9.75. The summed E-state index contributed by atoms with van der Waals surface area (Å²) in [5.74, 6) is -0.986. The Morgan fingerprint density at radius 2 is 1.56 bits per heavy atom. The lowest BCUT2D eigenvalue weighted by Gasteiger charge is -2.17. The summed E-state index contributed by atoms with van der Waals surface area (Å²) in [7, 11) is -4.68. The van der Waals surface area contributed by atoms with Crippen LogP contribution >= 0.6 is 0 Å². The number of nitrogens with one attached hydrogen (secondary N) is 1. The lowest BCUT2D eigenvalue weighted by molar-refractivity contribution is -0.139. The highest BCUT2D eigenvalue weighted by atomic mass is 32.2. The molecule has 1 amide bonds. The van der Waals surface area contributed by atoms with Gasteiger partial charge in [-0.3, -0.25) is 4.79 Å². The Bertz CT molecular complexity index is 935. The van der Waals surface area contributed by atoms with Gasteiger partial charge in [0.15, 0.2) is 0 Å². The summed E-state index contributed by atoms with van der Waals surface area (Å²) in [5.41, 5.74) is -0.366. The van der Waals surface area contributed by atoms with Crippen molar-refractivity contribution in [2.75, 3.05) is 18.0 Å². The molecule has 27 heavy (non-hydrogen) atoms. The normalized spacial score (nSPS) is 15.0. The van der Waals surface area contributed by atoms with Crippen molar-refractivity contribution in [3.8, 4) is 0 Å². The molecule has 0 aromatic heterocycles. The first kappa shape index (κ1) is 19.2. The molecular weight excluding hydrogens is 381 g/mol. The molecule has 144 valence electrons. The van der Waals surface area contributed by atoms with Gasteiger partial charge in [0.25, 0.3) is 15.9 Å². The lowest BCUT2D eigenvalue weighted by atomic mass is 10.2. The van der Waals surface area contributed by atoms with Gasteiger partial charge in [-0.25, -0.2) is 13.1 Å². The van der Waals surface area contributed by atoms with E-state index in [1.54, 1.807) is 16.9 Å². The number of carbonyl (C=O) groups excluding carboxylic acids is 1. The quantitative estimate of drug-likeness (QED) is 0.857. The third kappa shape index (κ3) is 4.24. The summed E-state index contributed by atoms with van der Waals surface area (Å²) < 4.78 is 65.5. The zero-order valence-corrected chi connectivity index (χ0v) is 15.0. The third-order valence-corrected chi connectivity index (χ3v) is 5.70. The second-order valence-corrected chi connectivity index (χ2v) is 7.82. The van der Waals surface area contributed by atoms with Gasteiger partial charge in [0.05, 0.1) is 10.5 Å². The number of sulfonamides is 1. The third-order valence-electron chi connectivity index (χ3n) is 4.31. The van der Waals surface area contributed by atoms with Gasteiger partial charge < -0.3 is 4.90 Å². The Morgan fingerprint density at radius 1 is 0.963 bits per heavy atom. The summed E-state index contributed by atoms with van der Waals surface area (Å²) in [4.78, 5) is 13.4. The van der Waals surface area contributed by atoms with Gasteiger partial charge in [-0.15, -0.1) is 0 Å². The second kappa shape index (κ2) is 7.22. The Balaban J connectivity index is 1.81. The van der Waals surface area contributed by atoms with Gasteiger partial charge in [0.2, 0.25) is 0 Å². The number of hydrogen-bond donors (Lipinski definition) is 1. The van der Waals surface area contributed by atoms with Gasteiger partial charge in [-0.05, 0) is 49.2 Å². The zero-order valence-electron chi connectivity index (χ0n) is 14.2. The minimum Gasteiger partial charge on any atom is -0.372 e. The monoisotopic (exact) mass is 398 g/mol. The molecule has 0 spiro atoms. The predicted molar refractivity (Wildman–Crippen MR) is 94.0 cm³/mol. The van der Waals surface area contributed by atoms with E-state index in [0.29, 0.717) is 6.07 Å². The van der Waals surface area contributed by atoms with Crippen molar-refractivity contribution in [3.05, 3.63) is 59.7 Å². The number of alkyl halides is 3. The van der Waals surface area contributed by atoms with Crippen LogP contribution in [0.5, 0.6) is 0 Å². The molecule has 1 aliphatic rings. The van der Waals surface area contributed by atoms with Crippen molar-refractivity contribution in [1.29, 1.82) is 0 Å². The molecule has 0 aliphatic carbocycles. The predicted octanol–water partition coefficient (Wildman–Crippen LogP) is 3.42. The summed E-state index contributed by atoms with van der Waals surface area (Å²) >= 11 is 0. The molecule has 1 heterocycles. The van der Waals surface area contributed by atoms with Gasteiger partial charge in [-0.1, -0.05) is 12.1 Å². The molecule has 0 radical (unpaired) electrons. The molecule has 0 bridgehead atoms. The lowest BCUT2D eigenvalue weighted by Crippen LogP contribution is -2.32. The van der Waals surface area contributed by atoms with E-state index in [2.05, 4.69) is 4.90 Å². The molecule has 0 unspecified atom stereocenters. The number of anilines is 1. The average Bonchev–Trinajstić information content (AvgIpc) is 3.15. The highest BCUT2D eigenvalue weighted by Crippen LogP contribution is 2.33. The Hall–Kier alpha value is -2.55. The smallest absolute Gasteiger partial charge is 0.372 e. The molecule has 0 atom stereocenters. The molecule has 1 fully saturated rings. The van der Waals surface area contributed by atoms with Crippen LogP contribution in [0.1, 0.15) is 28.8 Å². The van der Waals surface area contributed by atoms with Crippen LogP contribution in [0.3, 0.4) is 0 Å². The molecule has 2 aromatic rings. The maximum Gasteiger partial charge on any atom is 0.417 e. The Kier molecular flexibility index (Phi) is 5.14. The average molecular weight is 398 g/mol. The molecular formula is C18H17F3N2O3S. The number of halogens is 3. The van der Waals surface area contributed by atoms with Crippen LogP contribution in [0.15, 0.2) is 53.4 Å². The van der Waals surface area contributed by atoms with E-state index >= 15 is 0 Å². The Morgan fingerprint density at radius 3 is 2.15 bits per heavy atom. The van der Waals surface area contributed by atoms with E-state index in [9.17, 15) is 26.4 Å². The maximum atomic E-state index is 13.0. The molecule has 0 saturated carbocycles. The van der Waals surface area contributed by atoms with Crippen molar-refractivity contribution in [2.24, 2.45) is 0 Å². The Labute approximate surface area is 154 Å². The molecule has 1 aliphatic heterocycles. The zero-order chi connectivity index (χ0) is 19.7. The fourth-order valence-electron chi connectivity index (χ4n) is 2.97. The number of nitrogens with zero attached hydrogens (tertiary/aromatic N) is 1. The SMILES string of the molecule is O=C(NS(=O)(=O)c1ccccc1C(F)(F)F)c1ccc(N2CCCC2)cc1. The van der Waals surface area contributed by atoms with E-state index in [-0.39, 0.29) is 5.56 Å². The standard InChI is InChI=1S/C18H17F3N2O3S/c19-18(20,21)15-5-1-2-6-16(15)27(25,26)22-17(24)13-7-9-14(10-8-13)23-11-3-4-12-23/h1-2,5-10H,3-4,11-12H2,(H,22,24). The summed E-state index contributed by atoms with van der Waals surface area (Å²) in [6.45, 7) is 1.82. The van der Waals surface area contributed by atoms with Crippen molar-refractivity contribution in [1.82, 2.24) is 4.72 Å². The minimum atomic E-state index is -4.86. The van der Waals surface area contributed by atoms with Crippen LogP contribution in [0.2, 0.25) is 0 Å². The minimum absolute atomic E-state index is 0.0472. The van der Waals surface area contributed by atoms with Crippen LogP contribution in [0.4, 0.5) is 18.9 Å². The molecule has 5 nitrogen and oxygen atoms in total. The van der Waals surface area contributed by atoms with Crippen LogP contribution in [-0.4, -0.2) is 27.4 Å². The molecule has 1 saturated heterocycles. The second-order valence-electron chi connectivity index (χ2n) is 6.17. The number of benzene rings is 2. The van der Waals surface area contributed by atoms with Gasteiger partial charge in [0, 0.05) is 24.3 Å². The van der Waals surface area contributed by atoms with Gasteiger partial charge in [0.1, 0.15) is 0 Å². The summed E-state index contributed by atoms with van der Waals surface area (Å²) in [6.07, 6.45) is -2.69.